The average molecular weight is 233 g/mol. The number of amides is 1. The van der Waals surface area contributed by atoms with E-state index in [4.69, 9.17) is 4.74 Å². The molecule has 92 valence electrons. The number of benzene rings is 1. The molecular formula is C14H19NO2. The lowest BCUT2D eigenvalue weighted by Crippen LogP contribution is -2.27. The van der Waals surface area contributed by atoms with Crippen molar-refractivity contribution in [1.29, 1.82) is 0 Å². The number of methoxy groups -OCH3 is 1. The first-order valence-electron chi connectivity index (χ1n) is 6.03. The van der Waals surface area contributed by atoms with E-state index in [-0.39, 0.29) is 5.91 Å². The molecule has 1 amide bonds. The van der Waals surface area contributed by atoms with E-state index in [0.717, 1.165) is 35.3 Å². The Bertz CT molecular complexity index is 436. The van der Waals surface area contributed by atoms with Crippen molar-refractivity contribution in [2.24, 2.45) is 0 Å². The van der Waals surface area contributed by atoms with Gasteiger partial charge in [0.1, 0.15) is 5.75 Å². The lowest BCUT2D eigenvalue weighted by molar-refractivity contribution is -0.120. The van der Waals surface area contributed by atoms with Gasteiger partial charge in [0.25, 0.3) is 0 Å². The van der Waals surface area contributed by atoms with E-state index in [9.17, 15) is 4.79 Å². The lowest BCUT2D eigenvalue weighted by Gasteiger charge is -2.13. The molecule has 1 aliphatic rings. The van der Waals surface area contributed by atoms with Crippen LogP contribution in [0.5, 0.6) is 5.75 Å². The lowest BCUT2D eigenvalue weighted by atomic mass is 10.0. The fraction of sp³-hybridized carbons (Fsp3) is 0.500. The van der Waals surface area contributed by atoms with Gasteiger partial charge >= 0.3 is 0 Å². The van der Waals surface area contributed by atoms with E-state index >= 15 is 0 Å². The van der Waals surface area contributed by atoms with Gasteiger partial charge in [-0.2, -0.15) is 0 Å². The topological polar surface area (TPSA) is 38.3 Å². The Morgan fingerprint density at radius 1 is 1.41 bits per heavy atom. The predicted octanol–water partition coefficient (Wildman–Crippen LogP) is 2.13. The Morgan fingerprint density at radius 2 is 2.12 bits per heavy atom. The zero-order chi connectivity index (χ0) is 12.4. The SMILES string of the molecule is COc1cc(C)cc(C)c1CC(=O)NC1CC1. The van der Waals surface area contributed by atoms with E-state index in [1.54, 1.807) is 7.11 Å². The zero-order valence-electron chi connectivity index (χ0n) is 10.7. The maximum absolute atomic E-state index is 11.8. The van der Waals surface area contributed by atoms with Crippen LogP contribution in [0.4, 0.5) is 0 Å². The molecule has 0 unspecified atom stereocenters. The van der Waals surface area contributed by atoms with Gasteiger partial charge in [0, 0.05) is 11.6 Å². The van der Waals surface area contributed by atoms with E-state index in [1.165, 1.54) is 0 Å². The van der Waals surface area contributed by atoms with Crippen molar-refractivity contribution < 1.29 is 9.53 Å². The van der Waals surface area contributed by atoms with Crippen LogP contribution in [-0.2, 0) is 11.2 Å². The summed E-state index contributed by atoms with van der Waals surface area (Å²) in [7, 11) is 1.65. The van der Waals surface area contributed by atoms with Crippen molar-refractivity contribution in [2.75, 3.05) is 7.11 Å². The third-order valence-electron chi connectivity index (χ3n) is 3.08. The van der Waals surface area contributed by atoms with Crippen LogP contribution >= 0.6 is 0 Å². The molecule has 17 heavy (non-hydrogen) atoms. The van der Waals surface area contributed by atoms with Gasteiger partial charge in [-0.05, 0) is 43.9 Å². The van der Waals surface area contributed by atoms with Crippen LogP contribution in [0, 0.1) is 13.8 Å². The molecule has 0 spiro atoms. The van der Waals surface area contributed by atoms with E-state index in [2.05, 4.69) is 11.4 Å². The largest absolute Gasteiger partial charge is 0.496 e. The van der Waals surface area contributed by atoms with Crippen molar-refractivity contribution in [3.05, 3.63) is 28.8 Å². The molecule has 1 saturated carbocycles. The van der Waals surface area contributed by atoms with Crippen LogP contribution in [0.2, 0.25) is 0 Å². The Hall–Kier alpha value is -1.51. The number of carbonyl (C=O) groups excluding carboxylic acids is 1. The molecule has 2 rings (SSSR count). The third-order valence-corrected chi connectivity index (χ3v) is 3.08. The smallest absolute Gasteiger partial charge is 0.224 e. The van der Waals surface area contributed by atoms with Crippen molar-refractivity contribution in [3.63, 3.8) is 0 Å². The summed E-state index contributed by atoms with van der Waals surface area (Å²) in [4.78, 5) is 11.8. The third kappa shape index (κ3) is 2.99. The van der Waals surface area contributed by atoms with E-state index in [1.807, 2.05) is 19.9 Å². The quantitative estimate of drug-likeness (QED) is 0.865. The second kappa shape index (κ2) is 4.78. The molecule has 0 bridgehead atoms. The van der Waals surface area contributed by atoms with Gasteiger partial charge in [-0.15, -0.1) is 0 Å². The summed E-state index contributed by atoms with van der Waals surface area (Å²) < 4.78 is 5.35. The summed E-state index contributed by atoms with van der Waals surface area (Å²) in [5, 5.41) is 3.00. The van der Waals surface area contributed by atoms with Gasteiger partial charge < -0.3 is 10.1 Å². The highest BCUT2D eigenvalue weighted by atomic mass is 16.5. The number of hydrogen-bond donors (Lipinski definition) is 1. The number of rotatable bonds is 4. The van der Waals surface area contributed by atoms with Gasteiger partial charge in [0.15, 0.2) is 0 Å². The molecular weight excluding hydrogens is 214 g/mol. The Morgan fingerprint density at radius 3 is 2.71 bits per heavy atom. The molecule has 0 aliphatic heterocycles. The van der Waals surface area contributed by atoms with Crippen molar-refractivity contribution in [1.82, 2.24) is 5.32 Å². The van der Waals surface area contributed by atoms with Crippen LogP contribution in [0.3, 0.4) is 0 Å². The van der Waals surface area contributed by atoms with Gasteiger partial charge in [-0.1, -0.05) is 6.07 Å². The van der Waals surface area contributed by atoms with Crippen molar-refractivity contribution in [3.8, 4) is 5.75 Å². The standard InChI is InChI=1S/C14H19NO2/c1-9-6-10(2)12(13(7-9)17-3)8-14(16)15-11-4-5-11/h6-7,11H,4-5,8H2,1-3H3,(H,15,16). The van der Waals surface area contributed by atoms with Crippen molar-refractivity contribution >= 4 is 5.91 Å². The summed E-state index contributed by atoms with van der Waals surface area (Å²) in [5.74, 6) is 0.909. The molecule has 1 aliphatic carbocycles. The van der Waals surface area contributed by atoms with Gasteiger partial charge in [0.05, 0.1) is 13.5 Å². The summed E-state index contributed by atoms with van der Waals surface area (Å²) in [5.41, 5.74) is 3.27. The van der Waals surface area contributed by atoms with Crippen LogP contribution < -0.4 is 10.1 Å². The van der Waals surface area contributed by atoms with E-state index in [0.29, 0.717) is 12.5 Å². The first kappa shape index (κ1) is 12.0. The maximum atomic E-state index is 11.8. The summed E-state index contributed by atoms with van der Waals surface area (Å²) in [6.45, 7) is 4.05. The van der Waals surface area contributed by atoms with Gasteiger partial charge in [-0.25, -0.2) is 0 Å². The molecule has 1 aromatic rings. The Labute approximate surface area is 102 Å². The zero-order valence-corrected chi connectivity index (χ0v) is 10.7. The predicted molar refractivity (Wildman–Crippen MR) is 67.3 cm³/mol. The fourth-order valence-electron chi connectivity index (χ4n) is 2.03. The minimum Gasteiger partial charge on any atom is -0.496 e. The molecule has 1 aromatic carbocycles. The molecule has 3 nitrogen and oxygen atoms in total. The highest BCUT2D eigenvalue weighted by molar-refractivity contribution is 5.80. The number of nitrogens with one attached hydrogen (secondary N) is 1. The van der Waals surface area contributed by atoms with Crippen molar-refractivity contribution in [2.45, 2.75) is 39.2 Å². The average Bonchev–Trinajstić information content (AvgIpc) is 3.05. The molecule has 0 saturated heterocycles. The number of aryl methyl sites for hydroxylation is 2. The first-order valence-corrected chi connectivity index (χ1v) is 6.03. The molecule has 0 aromatic heterocycles. The number of hydrogen-bond acceptors (Lipinski definition) is 2. The van der Waals surface area contributed by atoms with Crippen LogP contribution in [0.25, 0.3) is 0 Å². The van der Waals surface area contributed by atoms with Crippen LogP contribution in [-0.4, -0.2) is 19.1 Å². The minimum absolute atomic E-state index is 0.0951. The Kier molecular flexibility index (Phi) is 3.36. The second-order valence-corrected chi connectivity index (χ2v) is 4.78. The highest BCUT2D eigenvalue weighted by Crippen LogP contribution is 2.25. The summed E-state index contributed by atoms with van der Waals surface area (Å²) >= 11 is 0. The Balaban J connectivity index is 2.15. The van der Waals surface area contributed by atoms with Gasteiger partial charge in [0.2, 0.25) is 5.91 Å². The number of ether oxygens (including phenoxy) is 1. The number of carbonyl (C=O) groups is 1. The summed E-state index contributed by atoms with van der Waals surface area (Å²) in [6.07, 6.45) is 2.65. The first-order chi connectivity index (χ1) is 8.10. The van der Waals surface area contributed by atoms with Gasteiger partial charge in [-0.3, -0.25) is 4.79 Å². The maximum Gasteiger partial charge on any atom is 0.224 e. The molecule has 1 N–H and O–H groups in total. The van der Waals surface area contributed by atoms with E-state index < -0.39 is 0 Å². The minimum atomic E-state index is 0.0951. The molecule has 0 heterocycles. The van der Waals surface area contributed by atoms with Crippen LogP contribution in [0.15, 0.2) is 12.1 Å². The second-order valence-electron chi connectivity index (χ2n) is 4.78. The molecule has 0 radical (unpaired) electrons. The molecule has 3 heteroatoms. The molecule has 0 atom stereocenters. The fourth-order valence-corrected chi connectivity index (χ4v) is 2.03. The highest BCUT2D eigenvalue weighted by Gasteiger charge is 2.23. The monoisotopic (exact) mass is 233 g/mol. The normalized spacial score (nSPS) is 14.5. The molecule has 1 fully saturated rings. The summed E-state index contributed by atoms with van der Waals surface area (Å²) in [6, 6.07) is 4.48. The van der Waals surface area contributed by atoms with Crippen LogP contribution in [0.1, 0.15) is 29.5 Å².